The molecular weight excluding hydrogens is 194 g/mol. The number of aromatic amines is 1. The van der Waals surface area contributed by atoms with Crippen LogP contribution < -0.4 is 4.74 Å². The quantitative estimate of drug-likeness (QED) is 0.829. The minimum Gasteiger partial charge on any atom is -0.392 e. The summed E-state index contributed by atoms with van der Waals surface area (Å²) in [5.74, 6) is 0.805. The second kappa shape index (κ2) is 4.82. The summed E-state index contributed by atoms with van der Waals surface area (Å²) in [5.41, 5.74) is 0.796. The number of amides is 1. The number of hydrogen-bond acceptors (Lipinski definition) is 3. The van der Waals surface area contributed by atoms with Crippen LogP contribution in [0.2, 0.25) is 0 Å². The van der Waals surface area contributed by atoms with E-state index in [2.05, 4.69) is 10.2 Å². The molecular formula is C10H17N3O2. The molecule has 1 heterocycles. The third kappa shape index (κ3) is 3.61. The molecule has 1 amide bonds. The largest absolute Gasteiger partial charge is 0.416 e. The molecule has 5 nitrogen and oxygen atoms in total. The average Bonchev–Trinajstić information content (AvgIpc) is 2.50. The summed E-state index contributed by atoms with van der Waals surface area (Å²) in [5, 5.41) is 6.49. The van der Waals surface area contributed by atoms with Crippen molar-refractivity contribution in [2.24, 2.45) is 5.92 Å². The van der Waals surface area contributed by atoms with Crippen LogP contribution in [0.4, 0.5) is 4.79 Å². The van der Waals surface area contributed by atoms with Gasteiger partial charge in [0.15, 0.2) is 0 Å². The zero-order chi connectivity index (χ0) is 11.4. The number of hydrogen-bond donors (Lipinski definition) is 1. The molecule has 0 saturated carbocycles. The molecule has 1 aromatic rings. The van der Waals surface area contributed by atoms with E-state index in [0.29, 0.717) is 18.3 Å². The molecule has 0 fully saturated rings. The van der Waals surface area contributed by atoms with Crippen molar-refractivity contribution in [1.82, 2.24) is 15.1 Å². The Bertz CT molecular complexity index is 333. The summed E-state index contributed by atoms with van der Waals surface area (Å²) in [4.78, 5) is 13.1. The van der Waals surface area contributed by atoms with Crippen molar-refractivity contribution in [3.8, 4) is 5.88 Å². The summed E-state index contributed by atoms with van der Waals surface area (Å²) in [6, 6.07) is 1.68. The summed E-state index contributed by atoms with van der Waals surface area (Å²) >= 11 is 0. The third-order valence-electron chi connectivity index (χ3n) is 1.83. The number of rotatable bonds is 3. The zero-order valence-corrected chi connectivity index (χ0v) is 9.57. The molecule has 15 heavy (non-hydrogen) atoms. The first-order chi connectivity index (χ1) is 6.99. The number of nitrogens with zero attached hydrogens (tertiary/aromatic N) is 2. The molecule has 0 aromatic carbocycles. The minimum absolute atomic E-state index is 0.368. The number of H-pyrrole nitrogens is 1. The summed E-state index contributed by atoms with van der Waals surface area (Å²) in [6.45, 7) is 6.59. The molecule has 0 aliphatic heterocycles. The van der Waals surface area contributed by atoms with Crippen LogP contribution in [0.5, 0.6) is 5.88 Å². The minimum atomic E-state index is -0.368. The van der Waals surface area contributed by atoms with Crippen LogP contribution in [0.25, 0.3) is 0 Å². The summed E-state index contributed by atoms with van der Waals surface area (Å²) < 4.78 is 5.07. The van der Waals surface area contributed by atoms with Crippen molar-refractivity contribution in [3.05, 3.63) is 11.8 Å². The third-order valence-corrected chi connectivity index (χ3v) is 1.83. The first-order valence-corrected chi connectivity index (χ1v) is 4.94. The fraction of sp³-hybridized carbons (Fsp3) is 0.600. The maximum absolute atomic E-state index is 11.5. The van der Waals surface area contributed by atoms with E-state index in [1.807, 2.05) is 20.8 Å². The van der Waals surface area contributed by atoms with E-state index in [1.165, 1.54) is 0 Å². The molecule has 0 atom stereocenters. The van der Waals surface area contributed by atoms with Crippen molar-refractivity contribution < 1.29 is 9.53 Å². The van der Waals surface area contributed by atoms with Crippen LogP contribution >= 0.6 is 0 Å². The van der Waals surface area contributed by atoms with Crippen LogP contribution in [-0.4, -0.2) is 34.8 Å². The molecule has 0 unspecified atom stereocenters. The Kier molecular flexibility index (Phi) is 3.71. The number of ether oxygens (including phenoxy) is 1. The summed E-state index contributed by atoms with van der Waals surface area (Å²) in [6.07, 6.45) is -0.368. The number of carbonyl (C=O) groups excluding carboxylic acids is 1. The van der Waals surface area contributed by atoms with E-state index in [-0.39, 0.29) is 6.09 Å². The lowest BCUT2D eigenvalue weighted by atomic mass is 10.2. The Morgan fingerprint density at radius 3 is 2.80 bits per heavy atom. The van der Waals surface area contributed by atoms with E-state index in [4.69, 9.17) is 4.74 Å². The maximum atomic E-state index is 11.5. The molecule has 0 aliphatic carbocycles. The van der Waals surface area contributed by atoms with E-state index >= 15 is 0 Å². The second-order valence-electron chi connectivity index (χ2n) is 4.02. The standard InChI is InChI=1S/C10H17N3O2/c1-7(2)6-13(4)10(14)15-9-5-8(3)11-12-9/h5,7H,6H2,1-4H3,(H,11,12). The van der Waals surface area contributed by atoms with Crippen molar-refractivity contribution in [2.75, 3.05) is 13.6 Å². The molecule has 5 heteroatoms. The van der Waals surface area contributed by atoms with Gasteiger partial charge in [0, 0.05) is 19.7 Å². The van der Waals surface area contributed by atoms with Gasteiger partial charge in [-0.15, -0.1) is 0 Å². The Hall–Kier alpha value is -1.52. The van der Waals surface area contributed by atoms with E-state index < -0.39 is 0 Å². The van der Waals surface area contributed by atoms with Gasteiger partial charge >= 0.3 is 6.09 Å². The highest BCUT2D eigenvalue weighted by molar-refractivity contribution is 5.69. The van der Waals surface area contributed by atoms with E-state index in [1.54, 1.807) is 18.0 Å². The van der Waals surface area contributed by atoms with Crippen LogP contribution in [0.1, 0.15) is 19.5 Å². The van der Waals surface area contributed by atoms with Crippen molar-refractivity contribution in [1.29, 1.82) is 0 Å². The topological polar surface area (TPSA) is 58.2 Å². The first-order valence-electron chi connectivity index (χ1n) is 4.94. The Balaban J connectivity index is 2.48. The van der Waals surface area contributed by atoms with Gasteiger partial charge in [-0.2, -0.15) is 5.10 Å². The maximum Gasteiger partial charge on any atom is 0.416 e. The molecule has 0 saturated heterocycles. The van der Waals surface area contributed by atoms with Crippen molar-refractivity contribution >= 4 is 6.09 Å². The van der Waals surface area contributed by atoms with Crippen molar-refractivity contribution in [3.63, 3.8) is 0 Å². The molecule has 0 bridgehead atoms. The number of aryl methyl sites for hydroxylation is 1. The lowest BCUT2D eigenvalue weighted by Gasteiger charge is -2.17. The molecule has 0 spiro atoms. The monoisotopic (exact) mass is 211 g/mol. The molecule has 1 rings (SSSR count). The normalized spacial score (nSPS) is 10.5. The van der Waals surface area contributed by atoms with Gasteiger partial charge in [-0.25, -0.2) is 9.89 Å². The van der Waals surface area contributed by atoms with Gasteiger partial charge in [-0.3, -0.25) is 0 Å². The number of carbonyl (C=O) groups is 1. The fourth-order valence-corrected chi connectivity index (χ4v) is 1.24. The van der Waals surface area contributed by atoms with E-state index in [9.17, 15) is 4.79 Å². The highest BCUT2D eigenvalue weighted by Crippen LogP contribution is 2.08. The van der Waals surface area contributed by atoms with Gasteiger partial charge in [0.05, 0.1) is 5.69 Å². The predicted octanol–water partition coefficient (Wildman–Crippen LogP) is 1.80. The Labute approximate surface area is 89.4 Å². The van der Waals surface area contributed by atoms with Gasteiger partial charge in [0.1, 0.15) is 0 Å². The fourth-order valence-electron chi connectivity index (χ4n) is 1.24. The SMILES string of the molecule is Cc1cc(OC(=O)N(C)CC(C)C)[nH]n1. The lowest BCUT2D eigenvalue weighted by Crippen LogP contribution is -2.32. The smallest absolute Gasteiger partial charge is 0.392 e. The van der Waals surface area contributed by atoms with Gasteiger partial charge in [-0.05, 0) is 12.8 Å². The van der Waals surface area contributed by atoms with Crippen LogP contribution in [-0.2, 0) is 0 Å². The molecule has 1 aromatic heterocycles. The van der Waals surface area contributed by atoms with Gasteiger partial charge in [0.2, 0.25) is 5.88 Å². The van der Waals surface area contributed by atoms with Crippen LogP contribution in [0.3, 0.4) is 0 Å². The predicted molar refractivity (Wildman–Crippen MR) is 56.8 cm³/mol. The average molecular weight is 211 g/mol. The molecule has 0 radical (unpaired) electrons. The second-order valence-corrected chi connectivity index (χ2v) is 4.02. The van der Waals surface area contributed by atoms with Gasteiger partial charge < -0.3 is 9.64 Å². The van der Waals surface area contributed by atoms with Crippen LogP contribution in [0.15, 0.2) is 6.07 Å². The first kappa shape index (κ1) is 11.6. The van der Waals surface area contributed by atoms with Gasteiger partial charge in [0.25, 0.3) is 0 Å². The lowest BCUT2D eigenvalue weighted by molar-refractivity contribution is 0.156. The highest BCUT2D eigenvalue weighted by Gasteiger charge is 2.13. The number of aromatic nitrogens is 2. The Morgan fingerprint density at radius 1 is 1.67 bits per heavy atom. The molecule has 1 N–H and O–H groups in total. The van der Waals surface area contributed by atoms with E-state index in [0.717, 1.165) is 5.69 Å². The Morgan fingerprint density at radius 2 is 2.33 bits per heavy atom. The number of nitrogens with one attached hydrogen (secondary N) is 1. The van der Waals surface area contributed by atoms with Gasteiger partial charge in [-0.1, -0.05) is 13.8 Å². The highest BCUT2D eigenvalue weighted by atomic mass is 16.6. The van der Waals surface area contributed by atoms with Crippen molar-refractivity contribution in [2.45, 2.75) is 20.8 Å². The zero-order valence-electron chi connectivity index (χ0n) is 9.57. The molecule has 0 aliphatic rings. The van der Waals surface area contributed by atoms with Crippen LogP contribution in [0, 0.1) is 12.8 Å². The summed E-state index contributed by atoms with van der Waals surface area (Å²) in [7, 11) is 1.71. The molecule has 84 valence electrons.